The summed E-state index contributed by atoms with van der Waals surface area (Å²) in [7, 11) is 0. The van der Waals surface area contributed by atoms with Gasteiger partial charge in [0.2, 0.25) is 0 Å². The van der Waals surface area contributed by atoms with E-state index in [1.54, 1.807) is 6.07 Å². The highest BCUT2D eigenvalue weighted by Gasteiger charge is 2.22. The predicted octanol–water partition coefficient (Wildman–Crippen LogP) is 4.26. The van der Waals surface area contributed by atoms with Gasteiger partial charge in [-0.1, -0.05) is 51.5 Å². The Kier molecular flexibility index (Phi) is 6.25. The van der Waals surface area contributed by atoms with E-state index in [9.17, 15) is 4.79 Å². The van der Waals surface area contributed by atoms with Gasteiger partial charge in [-0.3, -0.25) is 9.69 Å². The summed E-state index contributed by atoms with van der Waals surface area (Å²) in [5.41, 5.74) is 3.10. The van der Waals surface area contributed by atoms with Crippen LogP contribution in [-0.2, 0) is 13.0 Å². The summed E-state index contributed by atoms with van der Waals surface area (Å²) >= 11 is 0. The second kappa shape index (κ2) is 8.63. The van der Waals surface area contributed by atoms with Gasteiger partial charge in [0.25, 0.3) is 5.56 Å². The number of aryl methyl sites for hydroxylation is 1. The van der Waals surface area contributed by atoms with Crippen molar-refractivity contribution in [2.24, 2.45) is 11.8 Å². The number of H-pyrrole nitrogens is 1. The van der Waals surface area contributed by atoms with Crippen LogP contribution in [0.15, 0.2) is 35.1 Å². The number of hydrogen-bond acceptors (Lipinski definition) is 3. The van der Waals surface area contributed by atoms with E-state index >= 15 is 0 Å². The second-order valence-corrected chi connectivity index (χ2v) is 7.85. The van der Waals surface area contributed by atoms with Crippen LogP contribution in [0.5, 0.6) is 0 Å². The largest absolute Gasteiger partial charge is 0.307 e. The van der Waals surface area contributed by atoms with Crippen LogP contribution in [0, 0.1) is 11.8 Å². The van der Waals surface area contributed by atoms with Gasteiger partial charge in [0.1, 0.15) is 5.82 Å². The molecule has 0 radical (unpaired) electrons. The molecule has 1 aromatic heterocycles. The average molecular weight is 354 g/mol. The highest BCUT2D eigenvalue weighted by molar-refractivity contribution is 5.60. The van der Waals surface area contributed by atoms with E-state index in [0.29, 0.717) is 5.82 Å². The molecule has 26 heavy (non-hydrogen) atoms. The summed E-state index contributed by atoms with van der Waals surface area (Å²) in [4.78, 5) is 22.2. The third-order valence-electron chi connectivity index (χ3n) is 5.54. The minimum Gasteiger partial charge on any atom is -0.307 e. The highest BCUT2D eigenvalue weighted by Crippen LogP contribution is 2.27. The molecule has 0 bridgehead atoms. The van der Waals surface area contributed by atoms with Crippen LogP contribution in [-0.4, -0.2) is 28.0 Å². The molecular weight excluding hydrogens is 322 g/mol. The smallest absolute Gasteiger partial charge is 0.251 e. The SMILES string of the molecule is CCCc1cc(=O)[nH]c(-c2ccccc2CN2CCC(C(C)C)CC2)n1. The topological polar surface area (TPSA) is 49.0 Å². The lowest BCUT2D eigenvalue weighted by molar-refractivity contribution is 0.152. The zero-order chi connectivity index (χ0) is 18.5. The molecule has 4 nitrogen and oxygen atoms in total. The van der Waals surface area contributed by atoms with Gasteiger partial charge >= 0.3 is 0 Å². The van der Waals surface area contributed by atoms with E-state index in [2.05, 4.69) is 48.9 Å². The second-order valence-electron chi connectivity index (χ2n) is 7.85. The normalized spacial score (nSPS) is 16.3. The number of benzene rings is 1. The van der Waals surface area contributed by atoms with Crippen LogP contribution in [0.2, 0.25) is 0 Å². The molecule has 0 aliphatic carbocycles. The third kappa shape index (κ3) is 4.61. The van der Waals surface area contributed by atoms with Crippen molar-refractivity contribution in [3.05, 3.63) is 51.9 Å². The molecule has 1 aromatic carbocycles. The number of nitrogens with zero attached hydrogens (tertiary/aromatic N) is 2. The van der Waals surface area contributed by atoms with Gasteiger partial charge in [-0.25, -0.2) is 4.98 Å². The number of aromatic amines is 1. The standard InChI is InChI=1S/C22H31N3O/c1-4-7-19-14-21(26)24-22(23-19)20-9-6-5-8-18(20)15-25-12-10-17(11-13-25)16(2)3/h5-6,8-9,14,16-17H,4,7,10-13,15H2,1-3H3,(H,23,24,26). The molecule has 0 unspecified atom stereocenters. The molecule has 1 N–H and O–H groups in total. The summed E-state index contributed by atoms with van der Waals surface area (Å²) in [6.07, 6.45) is 4.38. The Hall–Kier alpha value is -1.94. The molecule has 4 heteroatoms. The Balaban J connectivity index is 1.80. The first-order valence-corrected chi connectivity index (χ1v) is 9.97. The van der Waals surface area contributed by atoms with E-state index < -0.39 is 0 Å². The van der Waals surface area contributed by atoms with Gasteiger partial charge in [-0.05, 0) is 49.8 Å². The maximum atomic E-state index is 12.1. The van der Waals surface area contributed by atoms with Gasteiger partial charge in [-0.15, -0.1) is 0 Å². The van der Waals surface area contributed by atoms with E-state index in [0.717, 1.165) is 55.6 Å². The maximum absolute atomic E-state index is 12.1. The van der Waals surface area contributed by atoms with Crippen molar-refractivity contribution in [1.82, 2.24) is 14.9 Å². The molecule has 0 atom stereocenters. The van der Waals surface area contributed by atoms with Crippen LogP contribution < -0.4 is 5.56 Å². The Labute approximate surface area is 156 Å². The van der Waals surface area contributed by atoms with Gasteiger partial charge < -0.3 is 4.98 Å². The Morgan fingerprint density at radius 3 is 2.65 bits per heavy atom. The van der Waals surface area contributed by atoms with Crippen molar-refractivity contribution in [3.8, 4) is 11.4 Å². The molecule has 1 saturated heterocycles. The summed E-state index contributed by atoms with van der Waals surface area (Å²) < 4.78 is 0. The number of aromatic nitrogens is 2. The van der Waals surface area contributed by atoms with Crippen LogP contribution in [0.25, 0.3) is 11.4 Å². The fraction of sp³-hybridized carbons (Fsp3) is 0.545. The van der Waals surface area contributed by atoms with E-state index in [1.807, 2.05) is 6.07 Å². The molecule has 3 rings (SSSR count). The predicted molar refractivity (Wildman–Crippen MR) is 107 cm³/mol. The highest BCUT2D eigenvalue weighted by atomic mass is 16.1. The first-order chi connectivity index (χ1) is 12.6. The molecular formula is C22H31N3O. The summed E-state index contributed by atoms with van der Waals surface area (Å²) in [6.45, 7) is 10.00. The fourth-order valence-corrected chi connectivity index (χ4v) is 3.93. The molecule has 1 aliphatic rings. The summed E-state index contributed by atoms with van der Waals surface area (Å²) in [5.74, 6) is 2.33. The molecule has 2 heterocycles. The Morgan fingerprint density at radius 2 is 1.96 bits per heavy atom. The van der Waals surface area contributed by atoms with Gasteiger partial charge in [0.05, 0.1) is 0 Å². The Morgan fingerprint density at radius 1 is 1.23 bits per heavy atom. The Bertz CT molecular complexity index is 773. The van der Waals surface area contributed by atoms with Crippen LogP contribution in [0.1, 0.15) is 51.3 Å². The quantitative estimate of drug-likeness (QED) is 0.844. The number of piperidine rings is 1. The fourth-order valence-electron chi connectivity index (χ4n) is 3.93. The zero-order valence-corrected chi connectivity index (χ0v) is 16.3. The first-order valence-electron chi connectivity index (χ1n) is 9.97. The molecule has 0 spiro atoms. The minimum absolute atomic E-state index is 0.0639. The van der Waals surface area contributed by atoms with Crippen LogP contribution in [0.4, 0.5) is 0 Å². The van der Waals surface area contributed by atoms with Crippen molar-refractivity contribution in [1.29, 1.82) is 0 Å². The number of likely N-dealkylation sites (tertiary alicyclic amines) is 1. The first kappa shape index (κ1) is 18.8. The van der Waals surface area contributed by atoms with Gasteiger partial charge in [0, 0.05) is 23.9 Å². The number of nitrogens with one attached hydrogen (secondary N) is 1. The van der Waals surface area contributed by atoms with E-state index in [-0.39, 0.29) is 5.56 Å². The molecule has 0 saturated carbocycles. The lowest BCUT2D eigenvalue weighted by Gasteiger charge is -2.34. The maximum Gasteiger partial charge on any atom is 0.251 e. The number of rotatable bonds is 6. The molecule has 140 valence electrons. The van der Waals surface area contributed by atoms with Crippen LogP contribution in [0.3, 0.4) is 0 Å². The van der Waals surface area contributed by atoms with Gasteiger partial charge in [-0.2, -0.15) is 0 Å². The van der Waals surface area contributed by atoms with Crippen molar-refractivity contribution in [2.75, 3.05) is 13.1 Å². The lowest BCUT2D eigenvalue weighted by atomic mass is 9.86. The van der Waals surface area contributed by atoms with Gasteiger partial charge in [0.15, 0.2) is 0 Å². The zero-order valence-electron chi connectivity index (χ0n) is 16.3. The third-order valence-corrected chi connectivity index (χ3v) is 5.54. The number of hydrogen-bond donors (Lipinski definition) is 1. The van der Waals surface area contributed by atoms with Crippen molar-refractivity contribution < 1.29 is 0 Å². The monoisotopic (exact) mass is 353 g/mol. The van der Waals surface area contributed by atoms with E-state index in [1.165, 1.54) is 18.4 Å². The van der Waals surface area contributed by atoms with Crippen molar-refractivity contribution in [2.45, 2.75) is 53.0 Å². The molecule has 0 amide bonds. The summed E-state index contributed by atoms with van der Waals surface area (Å²) in [6, 6.07) is 9.96. The van der Waals surface area contributed by atoms with Crippen molar-refractivity contribution in [3.63, 3.8) is 0 Å². The van der Waals surface area contributed by atoms with E-state index in [4.69, 9.17) is 4.98 Å². The average Bonchev–Trinajstić information content (AvgIpc) is 2.62. The molecule has 2 aromatic rings. The molecule has 1 fully saturated rings. The lowest BCUT2D eigenvalue weighted by Crippen LogP contribution is -2.34. The minimum atomic E-state index is -0.0639. The molecule has 1 aliphatic heterocycles. The van der Waals surface area contributed by atoms with Crippen LogP contribution >= 0.6 is 0 Å². The summed E-state index contributed by atoms with van der Waals surface area (Å²) in [5, 5.41) is 0. The van der Waals surface area contributed by atoms with Crippen molar-refractivity contribution >= 4 is 0 Å².